The summed E-state index contributed by atoms with van der Waals surface area (Å²) in [6.45, 7) is 2.67. The third-order valence-corrected chi connectivity index (χ3v) is 4.49. The molecule has 1 saturated carbocycles. The van der Waals surface area contributed by atoms with Crippen molar-refractivity contribution in [1.29, 1.82) is 0 Å². The van der Waals surface area contributed by atoms with Gasteiger partial charge in [0.05, 0.1) is 6.54 Å². The van der Waals surface area contributed by atoms with Crippen molar-refractivity contribution in [1.82, 2.24) is 10.2 Å². The molecule has 0 bridgehead atoms. The van der Waals surface area contributed by atoms with Crippen molar-refractivity contribution in [3.63, 3.8) is 0 Å². The van der Waals surface area contributed by atoms with Gasteiger partial charge in [-0.15, -0.1) is 11.3 Å². The van der Waals surface area contributed by atoms with Gasteiger partial charge < -0.3 is 4.90 Å². The Morgan fingerprint density at radius 1 is 1.56 bits per heavy atom. The fraction of sp³-hybridized carbons (Fsp3) is 0.583. The van der Waals surface area contributed by atoms with E-state index in [4.69, 9.17) is 0 Å². The lowest BCUT2D eigenvalue weighted by atomic mass is 10.1. The van der Waals surface area contributed by atoms with Gasteiger partial charge in [-0.3, -0.25) is 10.1 Å². The van der Waals surface area contributed by atoms with Gasteiger partial charge in [-0.1, -0.05) is 6.07 Å². The maximum Gasteiger partial charge on any atom is 0.238 e. The third-order valence-electron chi connectivity index (χ3n) is 3.57. The molecule has 1 aromatic rings. The van der Waals surface area contributed by atoms with Crippen molar-refractivity contribution in [2.45, 2.75) is 32.0 Å². The van der Waals surface area contributed by atoms with Crippen LogP contribution in [0.25, 0.3) is 0 Å². The second-order valence-electron chi connectivity index (χ2n) is 4.68. The Balaban J connectivity index is 1.84. The Hall–Kier alpha value is -0.870. The van der Waals surface area contributed by atoms with Crippen LogP contribution < -0.4 is 5.32 Å². The smallest absolute Gasteiger partial charge is 0.238 e. The molecule has 2 fully saturated rings. The van der Waals surface area contributed by atoms with E-state index in [-0.39, 0.29) is 12.1 Å². The molecule has 3 nitrogen and oxygen atoms in total. The van der Waals surface area contributed by atoms with Gasteiger partial charge in [0.1, 0.15) is 6.17 Å². The fourth-order valence-corrected chi connectivity index (χ4v) is 3.27. The normalized spacial score (nSPS) is 27.4. The summed E-state index contributed by atoms with van der Waals surface area (Å²) in [5, 5.41) is 5.38. The van der Waals surface area contributed by atoms with Crippen molar-refractivity contribution < 1.29 is 4.79 Å². The van der Waals surface area contributed by atoms with Crippen LogP contribution in [0, 0.1) is 5.92 Å². The van der Waals surface area contributed by atoms with E-state index in [9.17, 15) is 4.79 Å². The largest absolute Gasteiger partial charge is 0.318 e. The summed E-state index contributed by atoms with van der Waals surface area (Å²) in [6.07, 6.45) is 2.67. The highest BCUT2D eigenvalue weighted by Gasteiger charge is 2.41. The minimum Gasteiger partial charge on any atom is -0.318 e. The first kappa shape index (κ1) is 10.3. The second kappa shape index (κ2) is 3.86. The molecule has 3 rings (SSSR count). The highest BCUT2D eigenvalue weighted by Crippen LogP contribution is 2.39. The number of rotatable bonds is 3. The van der Waals surface area contributed by atoms with Gasteiger partial charge in [0.2, 0.25) is 5.91 Å². The van der Waals surface area contributed by atoms with Gasteiger partial charge in [-0.05, 0) is 37.1 Å². The second-order valence-corrected chi connectivity index (χ2v) is 5.66. The molecule has 1 aliphatic carbocycles. The molecule has 0 spiro atoms. The third kappa shape index (κ3) is 1.66. The van der Waals surface area contributed by atoms with Crippen LogP contribution in [0.2, 0.25) is 0 Å². The summed E-state index contributed by atoms with van der Waals surface area (Å²) in [6, 6.07) is 4.53. The zero-order valence-corrected chi connectivity index (χ0v) is 10.2. The van der Waals surface area contributed by atoms with Crippen LogP contribution in [0.4, 0.5) is 0 Å². The highest BCUT2D eigenvalue weighted by atomic mass is 32.1. The van der Waals surface area contributed by atoms with Crippen LogP contribution >= 0.6 is 11.3 Å². The first-order valence-electron chi connectivity index (χ1n) is 5.85. The lowest BCUT2D eigenvalue weighted by Crippen LogP contribution is -2.38. The van der Waals surface area contributed by atoms with E-state index in [1.165, 1.54) is 17.7 Å². The monoisotopic (exact) mass is 236 g/mol. The van der Waals surface area contributed by atoms with Crippen LogP contribution in [0.1, 0.15) is 30.8 Å². The maximum absolute atomic E-state index is 11.9. The van der Waals surface area contributed by atoms with E-state index < -0.39 is 0 Å². The van der Waals surface area contributed by atoms with Crippen molar-refractivity contribution in [2.24, 2.45) is 5.92 Å². The topological polar surface area (TPSA) is 32.3 Å². The minimum atomic E-state index is 0.114. The molecule has 4 heteroatoms. The molecule has 1 saturated heterocycles. The molecule has 2 heterocycles. The number of thiophene rings is 1. The number of carbonyl (C=O) groups is 1. The summed E-state index contributed by atoms with van der Waals surface area (Å²) in [5.41, 5.74) is 0. The first-order valence-corrected chi connectivity index (χ1v) is 6.73. The maximum atomic E-state index is 11.9. The summed E-state index contributed by atoms with van der Waals surface area (Å²) in [7, 11) is 0. The SMILES string of the molecule is CC(C1CC1)N1C(=O)CNC1c1cccs1. The zero-order chi connectivity index (χ0) is 11.1. The van der Waals surface area contributed by atoms with Gasteiger partial charge in [0, 0.05) is 10.9 Å². The van der Waals surface area contributed by atoms with Gasteiger partial charge in [0.15, 0.2) is 0 Å². The Bertz CT molecular complexity index is 386. The van der Waals surface area contributed by atoms with Crippen LogP contribution in [0.3, 0.4) is 0 Å². The van der Waals surface area contributed by atoms with E-state index in [1.54, 1.807) is 11.3 Å². The lowest BCUT2D eigenvalue weighted by molar-refractivity contribution is -0.130. The first-order chi connectivity index (χ1) is 7.77. The molecule has 16 heavy (non-hydrogen) atoms. The number of hydrogen-bond donors (Lipinski definition) is 1. The molecule has 1 amide bonds. The molecule has 1 N–H and O–H groups in total. The fourth-order valence-electron chi connectivity index (χ4n) is 2.47. The Kier molecular flexibility index (Phi) is 2.48. The molecule has 86 valence electrons. The quantitative estimate of drug-likeness (QED) is 0.870. The number of hydrogen-bond acceptors (Lipinski definition) is 3. The summed E-state index contributed by atoms with van der Waals surface area (Å²) >= 11 is 1.72. The Morgan fingerprint density at radius 2 is 2.38 bits per heavy atom. The van der Waals surface area contributed by atoms with Crippen LogP contribution in [0.15, 0.2) is 17.5 Å². The van der Waals surface area contributed by atoms with Crippen molar-refractivity contribution in [2.75, 3.05) is 6.54 Å². The predicted molar refractivity (Wildman–Crippen MR) is 64.1 cm³/mol. The van der Waals surface area contributed by atoms with E-state index in [2.05, 4.69) is 23.7 Å². The Labute approximate surface area is 99.5 Å². The van der Waals surface area contributed by atoms with E-state index in [0.29, 0.717) is 12.6 Å². The van der Waals surface area contributed by atoms with Gasteiger partial charge in [-0.2, -0.15) is 0 Å². The average molecular weight is 236 g/mol. The van der Waals surface area contributed by atoms with Crippen LogP contribution in [-0.4, -0.2) is 23.4 Å². The lowest BCUT2D eigenvalue weighted by Gasteiger charge is -2.30. The molecule has 2 atom stereocenters. The molecule has 1 aromatic heterocycles. The number of amides is 1. The summed E-state index contributed by atoms with van der Waals surface area (Å²) < 4.78 is 0. The summed E-state index contributed by atoms with van der Waals surface area (Å²) in [4.78, 5) is 15.2. The summed E-state index contributed by atoms with van der Waals surface area (Å²) in [5.74, 6) is 0.976. The van der Waals surface area contributed by atoms with Crippen molar-refractivity contribution in [3.05, 3.63) is 22.4 Å². The highest BCUT2D eigenvalue weighted by molar-refractivity contribution is 7.10. The van der Waals surface area contributed by atoms with E-state index in [1.807, 2.05) is 11.0 Å². The number of carbonyl (C=O) groups excluding carboxylic acids is 1. The zero-order valence-electron chi connectivity index (χ0n) is 9.35. The predicted octanol–water partition coefficient (Wildman–Crippen LogP) is 1.98. The van der Waals surface area contributed by atoms with Crippen molar-refractivity contribution >= 4 is 17.2 Å². The van der Waals surface area contributed by atoms with Gasteiger partial charge in [-0.25, -0.2) is 0 Å². The number of nitrogens with one attached hydrogen (secondary N) is 1. The number of nitrogens with zero attached hydrogens (tertiary/aromatic N) is 1. The average Bonchev–Trinajstić information content (AvgIpc) is 2.84. The van der Waals surface area contributed by atoms with Crippen molar-refractivity contribution in [3.8, 4) is 0 Å². The molecule has 0 aromatic carbocycles. The molecule has 0 radical (unpaired) electrons. The molecule has 1 aliphatic heterocycles. The molecular weight excluding hydrogens is 220 g/mol. The minimum absolute atomic E-state index is 0.114. The molecular formula is C12H16N2OS. The standard InChI is InChI=1S/C12H16N2OS/c1-8(9-4-5-9)14-11(15)7-13-12(14)10-3-2-6-16-10/h2-3,6,8-9,12-13H,4-5,7H2,1H3. The Morgan fingerprint density at radius 3 is 3.00 bits per heavy atom. The van der Waals surface area contributed by atoms with E-state index in [0.717, 1.165) is 5.92 Å². The molecule has 2 unspecified atom stereocenters. The van der Waals surface area contributed by atoms with Gasteiger partial charge >= 0.3 is 0 Å². The van der Waals surface area contributed by atoms with Crippen LogP contribution in [-0.2, 0) is 4.79 Å². The van der Waals surface area contributed by atoms with Crippen LogP contribution in [0.5, 0.6) is 0 Å². The van der Waals surface area contributed by atoms with Gasteiger partial charge in [0.25, 0.3) is 0 Å². The molecule has 2 aliphatic rings. The van der Waals surface area contributed by atoms with E-state index >= 15 is 0 Å².